The van der Waals surface area contributed by atoms with E-state index in [-0.39, 0.29) is 17.2 Å². The topological polar surface area (TPSA) is 61.4 Å². The Hall–Kier alpha value is -2.82. The van der Waals surface area contributed by atoms with E-state index >= 15 is 0 Å². The summed E-state index contributed by atoms with van der Waals surface area (Å²) in [5, 5.41) is 5.93. The maximum absolute atomic E-state index is 12.9. The molecule has 0 aliphatic carbocycles. The van der Waals surface area contributed by atoms with Gasteiger partial charge in [-0.1, -0.05) is 58.0 Å². The van der Waals surface area contributed by atoms with Gasteiger partial charge in [0.05, 0.1) is 5.56 Å². The van der Waals surface area contributed by atoms with Crippen LogP contribution in [0.5, 0.6) is 0 Å². The Morgan fingerprint density at radius 2 is 1.70 bits per heavy atom. The first-order valence-corrected chi connectivity index (χ1v) is 10.5. The molecule has 2 N–H and O–H groups in total. The third kappa shape index (κ3) is 7.54. The summed E-state index contributed by atoms with van der Waals surface area (Å²) in [5.74, 6) is 0.0967. The van der Waals surface area contributed by atoms with Gasteiger partial charge in [-0.3, -0.25) is 9.59 Å². The summed E-state index contributed by atoms with van der Waals surface area (Å²) in [6.07, 6.45) is 1.44. The molecule has 0 aliphatic heterocycles. The molecule has 2 rings (SSSR count). The Morgan fingerprint density at radius 1 is 1.03 bits per heavy atom. The number of hydrogen-bond donors (Lipinski definition) is 2. The standard InChI is InChI=1S/C25H35N3O2/c1-18(16-25(2,3)4)14-23(29)27-20-12-13-22(28(5)6)21(15-20)24(30)26-17-19-10-8-7-9-11-19/h7-13,15,18H,14,16-17H2,1-6H3,(H,26,30)(H,27,29). The molecule has 0 fully saturated rings. The largest absolute Gasteiger partial charge is 0.377 e. The molecule has 0 bridgehead atoms. The van der Waals surface area contributed by atoms with Crippen LogP contribution in [0.15, 0.2) is 48.5 Å². The summed E-state index contributed by atoms with van der Waals surface area (Å²) < 4.78 is 0. The zero-order valence-electron chi connectivity index (χ0n) is 19.1. The van der Waals surface area contributed by atoms with Crippen LogP contribution in [0.25, 0.3) is 0 Å². The molecule has 2 amide bonds. The minimum absolute atomic E-state index is 0.0278. The number of carbonyl (C=O) groups is 2. The first-order chi connectivity index (χ1) is 14.0. The number of anilines is 2. The van der Waals surface area contributed by atoms with Gasteiger partial charge in [0.15, 0.2) is 0 Å². The second-order valence-electron chi connectivity index (χ2n) is 9.42. The van der Waals surface area contributed by atoms with Gasteiger partial charge in [-0.2, -0.15) is 0 Å². The number of amides is 2. The van der Waals surface area contributed by atoms with E-state index in [4.69, 9.17) is 0 Å². The SMILES string of the molecule is CC(CC(=O)Nc1ccc(N(C)C)c(C(=O)NCc2ccccc2)c1)CC(C)(C)C. The predicted molar refractivity (Wildman–Crippen MR) is 125 cm³/mol. The first-order valence-electron chi connectivity index (χ1n) is 10.5. The van der Waals surface area contributed by atoms with E-state index in [1.165, 1.54) is 0 Å². The maximum atomic E-state index is 12.9. The van der Waals surface area contributed by atoms with Crippen molar-refractivity contribution in [1.82, 2.24) is 5.32 Å². The van der Waals surface area contributed by atoms with Gasteiger partial charge in [-0.15, -0.1) is 0 Å². The van der Waals surface area contributed by atoms with E-state index in [0.717, 1.165) is 17.7 Å². The minimum Gasteiger partial charge on any atom is -0.377 e. The molecule has 0 radical (unpaired) electrons. The molecule has 0 aliphatic rings. The molecule has 2 aromatic carbocycles. The molecule has 0 heterocycles. The highest BCUT2D eigenvalue weighted by molar-refractivity contribution is 6.02. The summed E-state index contributed by atoms with van der Waals surface area (Å²) in [6.45, 7) is 9.10. The number of nitrogens with one attached hydrogen (secondary N) is 2. The average molecular weight is 410 g/mol. The lowest BCUT2D eigenvalue weighted by molar-refractivity contribution is -0.117. The van der Waals surface area contributed by atoms with Gasteiger partial charge in [0.2, 0.25) is 5.91 Å². The van der Waals surface area contributed by atoms with Crippen molar-refractivity contribution in [1.29, 1.82) is 0 Å². The van der Waals surface area contributed by atoms with E-state index in [0.29, 0.717) is 30.1 Å². The van der Waals surface area contributed by atoms with Crippen LogP contribution < -0.4 is 15.5 Å². The van der Waals surface area contributed by atoms with Gasteiger partial charge in [0, 0.05) is 38.4 Å². The van der Waals surface area contributed by atoms with E-state index in [2.05, 4.69) is 38.3 Å². The Kier molecular flexibility index (Phi) is 8.04. The van der Waals surface area contributed by atoms with E-state index in [1.807, 2.05) is 61.5 Å². The monoisotopic (exact) mass is 409 g/mol. The molecular formula is C25H35N3O2. The third-order valence-corrected chi connectivity index (χ3v) is 4.80. The fraction of sp³-hybridized carbons (Fsp3) is 0.440. The molecule has 1 unspecified atom stereocenters. The van der Waals surface area contributed by atoms with Gasteiger partial charge in [-0.25, -0.2) is 0 Å². The van der Waals surface area contributed by atoms with Crippen LogP contribution in [0.4, 0.5) is 11.4 Å². The van der Waals surface area contributed by atoms with Crippen LogP contribution >= 0.6 is 0 Å². The van der Waals surface area contributed by atoms with Gasteiger partial charge in [0.25, 0.3) is 5.91 Å². The van der Waals surface area contributed by atoms with Crippen molar-refractivity contribution < 1.29 is 9.59 Å². The summed E-state index contributed by atoms with van der Waals surface area (Å²) in [4.78, 5) is 27.3. The minimum atomic E-state index is -0.167. The summed E-state index contributed by atoms with van der Waals surface area (Å²) in [7, 11) is 3.80. The zero-order chi connectivity index (χ0) is 22.3. The molecule has 0 saturated carbocycles. The molecule has 0 saturated heterocycles. The summed E-state index contributed by atoms with van der Waals surface area (Å²) in [5.41, 5.74) is 3.21. The molecular weight excluding hydrogens is 374 g/mol. The molecule has 162 valence electrons. The van der Waals surface area contributed by atoms with Crippen molar-refractivity contribution in [2.45, 2.75) is 47.1 Å². The summed E-state index contributed by atoms with van der Waals surface area (Å²) >= 11 is 0. The highest BCUT2D eigenvalue weighted by Crippen LogP contribution is 2.27. The van der Waals surface area contributed by atoms with E-state index in [9.17, 15) is 9.59 Å². The maximum Gasteiger partial charge on any atom is 0.253 e. The molecule has 5 heteroatoms. The summed E-state index contributed by atoms with van der Waals surface area (Å²) in [6, 6.07) is 15.3. The molecule has 1 atom stereocenters. The molecule has 2 aromatic rings. The Labute approximate surface area is 180 Å². The Balaban J connectivity index is 2.09. The number of nitrogens with zero attached hydrogens (tertiary/aromatic N) is 1. The van der Waals surface area contributed by atoms with Crippen molar-refractivity contribution in [2.24, 2.45) is 11.3 Å². The quantitative estimate of drug-likeness (QED) is 0.639. The number of hydrogen-bond acceptors (Lipinski definition) is 3. The lowest BCUT2D eigenvalue weighted by Gasteiger charge is -2.23. The second-order valence-corrected chi connectivity index (χ2v) is 9.42. The number of benzene rings is 2. The van der Waals surface area contributed by atoms with Gasteiger partial charge in [0.1, 0.15) is 0 Å². The van der Waals surface area contributed by atoms with Crippen molar-refractivity contribution in [2.75, 3.05) is 24.3 Å². The first kappa shape index (κ1) is 23.5. The van der Waals surface area contributed by atoms with E-state index < -0.39 is 0 Å². The Morgan fingerprint density at radius 3 is 2.30 bits per heavy atom. The van der Waals surface area contributed by atoms with Crippen LogP contribution in [-0.4, -0.2) is 25.9 Å². The van der Waals surface area contributed by atoms with Crippen LogP contribution in [0, 0.1) is 11.3 Å². The van der Waals surface area contributed by atoms with Gasteiger partial charge >= 0.3 is 0 Å². The highest BCUT2D eigenvalue weighted by Gasteiger charge is 2.19. The van der Waals surface area contributed by atoms with Crippen LogP contribution in [0.1, 0.15) is 56.5 Å². The fourth-order valence-electron chi connectivity index (χ4n) is 3.71. The Bertz CT molecular complexity index is 854. The normalized spacial score (nSPS) is 12.2. The smallest absolute Gasteiger partial charge is 0.253 e. The van der Waals surface area contributed by atoms with Crippen molar-refractivity contribution >= 4 is 23.2 Å². The van der Waals surface area contributed by atoms with Crippen molar-refractivity contribution in [3.8, 4) is 0 Å². The third-order valence-electron chi connectivity index (χ3n) is 4.80. The fourth-order valence-corrected chi connectivity index (χ4v) is 3.71. The highest BCUT2D eigenvalue weighted by atomic mass is 16.2. The lowest BCUT2D eigenvalue weighted by Crippen LogP contribution is -2.26. The molecule has 30 heavy (non-hydrogen) atoms. The van der Waals surface area contributed by atoms with Crippen LogP contribution in [0.2, 0.25) is 0 Å². The van der Waals surface area contributed by atoms with Gasteiger partial charge < -0.3 is 15.5 Å². The second kappa shape index (κ2) is 10.3. The van der Waals surface area contributed by atoms with Crippen LogP contribution in [0.3, 0.4) is 0 Å². The average Bonchev–Trinajstić information content (AvgIpc) is 2.65. The zero-order valence-corrected chi connectivity index (χ0v) is 19.1. The number of rotatable bonds is 8. The van der Waals surface area contributed by atoms with Crippen LogP contribution in [-0.2, 0) is 11.3 Å². The van der Waals surface area contributed by atoms with E-state index in [1.54, 1.807) is 6.07 Å². The number of carbonyl (C=O) groups excluding carboxylic acids is 2. The molecule has 5 nitrogen and oxygen atoms in total. The predicted octanol–water partition coefficient (Wildman–Crippen LogP) is 5.08. The lowest BCUT2D eigenvalue weighted by atomic mass is 9.84. The molecule has 0 aromatic heterocycles. The van der Waals surface area contributed by atoms with Crippen molar-refractivity contribution in [3.05, 3.63) is 59.7 Å². The van der Waals surface area contributed by atoms with Crippen molar-refractivity contribution in [3.63, 3.8) is 0 Å². The molecule has 0 spiro atoms. The van der Waals surface area contributed by atoms with Gasteiger partial charge in [-0.05, 0) is 41.5 Å².